The van der Waals surface area contributed by atoms with Gasteiger partial charge in [0.05, 0.1) is 6.33 Å². The van der Waals surface area contributed by atoms with Gasteiger partial charge >= 0.3 is 0 Å². The second kappa shape index (κ2) is 4.26. The molecule has 2 aromatic rings. The summed E-state index contributed by atoms with van der Waals surface area (Å²) >= 11 is 5.91. The quantitative estimate of drug-likeness (QED) is 0.443. The fourth-order valence-electron chi connectivity index (χ4n) is 1.17. The van der Waals surface area contributed by atoms with Gasteiger partial charge in [0.1, 0.15) is 25.2 Å². The molecular weight excluding hydrogens is 216 g/mol. The molecule has 2 rings (SSSR count). The van der Waals surface area contributed by atoms with E-state index in [0.717, 1.165) is 0 Å². The molecule has 2 aromatic heterocycles. The van der Waals surface area contributed by atoms with Gasteiger partial charge in [-0.15, -0.1) is 6.42 Å². The number of ether oxygens (including phenoxy) is 1. The summed E-state index contributed by atoms with van der Waals surface area (Å²) in [5.74, 6) is 2.37. The highest BCUT2D eigenvalue weighted by atomic mass is 35.5. The van der Waals surface area contributed by atoms with Crippen LogP contribution in [0.4, 0.5) is 0 Å². The van der Waals surface area contributed by atoms with E-state index in [0.29, 0.717) is 16.3 Å². The van der Waals surface area contributed by atoms with E-state index >= 15 is 0 Å². The van der Waals surface area contributed by atoms with E-state index in [1.54, 1.807) is 10.9 Å². The summed E-state index contributed by atoms with van der Waals surface area (Å²) in [4.78, 5) is 11.9. The summed E-state index contributed by atoms with van der Waals surface area (Å²) in [6, 6.07) is 0. The fraction of sp³-hybridized carbons (Fsp3) is 0.222. The third kappa shape index (κ3) is 1.91. The molecule has 0 atom stereocenters. The van der Waals surface area contributed by atoms with Crippen molar-refractivity contribution >= 4 is 22.8 Å². The summed E-state index contributed by atoms with van der Waals surface area (Å²) < 4.78 is 6.87. The molecule has 15 heavy (non-hydrogen) atoms. The fourth-order valence-corrected chi connectivity index (χ4v) is 1.41. The van der Waals surface area contributed by atoms with Crippen molar-refractivity contribution in [2.45, 2.75) is 6.73 Å². The van der Waals surface area contributed by atoms with Crippen LogP contribution in [0.2, 0.25) is 5.15 Å². The predicted octanol–water partition coefficient (Wildman–Crippen LogP) is 1.09. The molecule has 0 aliphatic heterocycles. The lowest BCUT2D eigenvalue weighted by atomic mass is 10.5. The number of aromatic nitrogens is 4. The largest absolute Gasteiger partial charge is 0.348 e. The lowest BCUT2D eigenvalue weighted by Gasteiger charge is -2.03. The second-order valence-corrected chi connectivity index (χ2v) is 3.09. The molecule has 5 nitrogen and oxygen atoms in total. The maximum absolute atomic E-state index is 5.91. The molecule has 0 fully saturated rings. The van der Waals surface area contributed by atoms with Gasteiger partial charge in [-0.05, 0) is 0 Å². The third-order valence-corrected chi connectivity index (χ3v) is 2.06. The first-order valence-electron chi connectivity index (χ1n) is 4.15. The van der Waals surface area contributed by atoms with Crippen molar-refractivity contribution in [3.05, 3.63) is 17.8 Å². The molecule has 0 saturated carbocycles. The Morgan fingerprint density at radius 3 is 3.13 bits per heavy atom. The van der Waals surface area contributed by atoms with Crippen molar-refractivity contribution in [2.24, 2.45) is 0 Å². The minimum absolute atomic E-state index is 0.241. The molecule has 76 valence electrons. The molecule has 0 aromatic carbocycles. The molecule has 0 aliphatic carbocycles. The molecule has 0 aliphatic rings. The maximum atomic E-state index is 5.91. The number of terminal acetylenes is 1. The van der Waals surface area contributed by atoms with Crippen molar-refractivity contribution in [1.29, 1.82) is 0 Å². The summed E-state index contributed by atoms with van der Waals surface area (Å²) in [7, 11) is 0. The average molecular weight is 223 g/mol. The van der Waals surface area contributed by atoms with Gasteiger partial charge in [0.2, 0.25) is 0 Å². The summed E-state index contributed by atoms with van der Waals surface area (Å²) in [5.41, 5.74) is 1.19. The Balaban J connectivity index is 2.32. The Bertz CT molecular complexity index is 516. The summed E-state index contributed by atoms with van der Waals surface area (Å²) in [5, 5.41) is 0.349. The Morgan fingerprint density at radius 1 is 1.47 bits per heavy atom. The van der Waals surface area contributed by atoms with E-state index in [4.69, 9.17) is 22.8 Å². The molecule has 0 saturated heterocycles. The Hall–Kier alpha value is -1.64. The van der Waals surface area contributed by atoms with Gasteiger partial charge in [-0.3, -0.25) is 0 Å². The SMILES string of the molecule is C#CCOCn1cnc2ncnc(Cl)c21. The lowest BCUT2D eigenvalue weighted by molar-refractivity contribution is 0.107. The second-order valence-electron chi connectivity index (χ2n) is 2.73. The summed E-state index contributed by atoms with van der Waals surface area (Å²) in [6.07, 6.45) is 8.01. The number of halogens is 1. The smallest absolute Gasteiger partial charge is 0.182 e. The van der Waals surface area contributed by atoms with Crippen LogP contribution in [0.5, 0.6) is 0 Å². The molecule has 0 bridgehead atoms. The minimum Gasteiger partial charge on any atom is -0.348 e. The van der Waals surface area contributed by atoms with E-state index < -0.39 is 0 Å². The first-order chi connectivity index (χ1) is 7.33. The monoisotopic (exact) mass is 222 g/mol. The van der Waals surface area contributed by atoms with Crippen LogP contribution < -0.4 is 0 Å². The zero-order valence-electron chi connectivity index (χ0n) is 7.72. The van der Waals surface area contributed by atoms with Crippen molar-refractivity contribution in [1.82, 2.24) is 19.5 Å². The van der Waals surface area contributed by atoms with Crippen LogP contribution in [0.3, 0.4) is 0 Å². The molecular formula is C9H7ClN4O. The van der Waals surface area contributed by atoms with Crippen LogP contribution in [0.15, 0.2) is 12.7 Å². The van der Waals surface area contributed by atoms with E-state index in [1.807, 2.05) is 0 Å². The van der Waals surface area contributed by atoms with Crippen LogP contribution in [-0.2, 0) is 11.5 Å². The van der Waals surface area contributed by atoms with Crippen molar-refractivity contribution in [3.63, 3.8) is 0 Å². The van der Waals surface area contributed by atoms with E-state index in [2.05, 4.69) is 20.9 Å². The normalized spacial score (nSPS) is 10.4. The van der Waals surface area contributed by atoms with Crippen LogP contribution in [0.1, 0.15) is 0 Å². The number of hydrogen-bond acceptors (Lipinski definition) is 4. The Labute approximate surface area is 91.1 Å². The molecule has 0 spiro atoms. The van der Waals surface area contributed by atoms with Gasteiger partial charge in [0, 0.05) is 0 Å². The number of fused-ring (bicyclic) bond motifs is 1. The molecule has 0 unspecified atom stereocenters. The Kier molecular flexibility index (Phi) is 2.81. The first kappa shape index (κ1) is 9.90. The van der Waals surface area contributed by atoms with Crippen molar-refractivity contribution < 1.29 is 4.74 Å². The highest BCUT2D eigenvalue weighted by Gasteiger charge is 2.07. The predicted molar refractivity (Wildman–Crippen MR) is 55.1 cm³/mol. The van der Waals surface area contributed by atoms with Crippen LogP contribution in [0, 0.1) is 12.3 Å². The first-order valence-corrected chi connectivity index (χ1v) is 4.53. The molecule has 2 heterocycles. The topological polar surface area (TPSA) is 52.8 Å². The number of imidazole rings is 1. The van der Waals surface area contributed by atoms with Gasteiger partial charge < -0.3 is 9.30 Å². The highest BCUT2D eigenvalue weighted by Crippen LogP contribution is 2.17. The zero-order valence-corrected chi connectivity index (χ0v) is 8.48. The number of nitrogens with zero attached hydrogens (tertiary/aromatic N) is 4. The van der Waals surface area contributed by atoms with Gasteiger partial charge in [0.25, 0.3) is 0 Å². The molecule has 0 radical (unpaired) electrons. The van der Waals surface area contributed by atoms with Crippen molar-refractivity contribution in [3.8, 4) is 12.3 Å². The number of hydrogen-bond donors (Lipinski definition) is 0. The summed E-state index contributed by atoms with van der Waals surface area (Å²) in [6.45, 7) is 0.527. The molecule has 6 heteroatoms. The molecule has 0 amide bonds. The zero-order chi connectivity index (χ0) is 10.7. The van der Waals surface area contributed by atoms with Crippen LogP contribution in [-0.4, -0.2) is 26.1 Å². The van der Waals surface area contributed by atoms with E-state index in [-0.39, 0.29) is 13.3 Å². The van der Waals surface area contributed by atoms with Gasteiger partial charge in [-0.2, -0.15) is 0 Å². The van der Waals surface area contributed by atoms with E-state index in [9.17, 15) is 0 Å². The molecule has 0 N–H and O–H groups in total. The van der Waals surface area contributed by atoms with E-state index in [1.165, 1.54) is 6.33 Å². The standard InChI is InChI=1S/C9H7ClN4O/c1-2-3-15-6-14-5-13-9-7(14)8(10)11-4-12-9/h1,4-5H,3,6H2. The minimum atomic E-state index is 0.241. The number of rotatable bonds is 3. The maximum Gasteiger partial charge on any atom is 0.182 e. The van der Waals surface area contributed by atoms with Gasteiger partial charge in [-0.25, -0.2) is 15.0 Å². The third-order valence-electron chi connectivity index (χ3n) is 1.78. The van der Waals surface area contributed by atoms with Gasteiger partial charge in [0.15, 0.2) is 10.8 Å². The van der Waals surface area contributed by atoms with Crippen molar-refractivity contribution in [2.75, 3.05) is 6.61 Å². The van der Waals surface area contributed by atoms with Gasteiger partial charge in [-0.1, -0.05) is 17.5 Å². The Morgan fingerprint density at radius 2 is 2.33 bits per heavy atom. The highest BCUT2D eigenvalue weighted by molar-refractivity contribution is 6.33. The van der Waals surface area contributed by atoms with Crippen LogP contribution in [0.25, 0.3) is 11.2 Å². The lowest BCUT2D eigenvalue weighted by Crippen LogP contribution is -2.02. The average Bonchev–Trinajstić information content (AvgIpc) is 2.63. The van der Waals surface area contributed by atoms with Crippen LogP contribution >= 0.6 is 11.6 Å².